The first-order chi connectivity index (χ1) is 23.1. The number of esters is 1. The highest BCUT2D eigenvalue weighted by atomic mass is 16.7. The highest BCUT2D eigenvalue weighted by Gasteiger charge is 2.35. The monoisotopic (exact) mass is 644 g/mol. The molecule has 0 unspecified atom stereocenters. The molecule has 0 saturated heterocycles. The summed E-state index contributed by atoms with van der Waals surface area (Å²) in [5.74, 6) is 3.74. The van der Waals surface area contributed by atoms with E-state index in [0.29, 0.717) is 17.4 Å². The van der Waals surface area contributed by atoms with Gasteiger partial charge >= 0.3 is 5.97 Å². The normalized spacial score (nSPS) is 24.5. The van der Waals surface area contributed by atoms with Crippen molar-refractivity contribution >= 4 is 5.97 Å². The van der Waals surface area contributed by atoms with Crippen LogP contribution in [0.25, 0.3) is 0 Å². The van der Waals surface area contributed by atoms with Crippen molar-refractivity contribution in [2.75, 3.05) is 13.4 Å². The van der Waals surface area contributed by atoms with Gasteiger partial charge in [-0.25, -0.2) is 4.79 Å². The summed E-state index contributed by atoms with van der Waals surface area (Å²) in [5, 5.41) is 0. The van der Waals surface area contributed by atoms with Crippen LogP contribution in [0.4, 0.5) is 0 Å². The molecule has 260 valence electrons. The van der Waals surface area contributed by atoms with E-state index in [2.05, 4.69) is 50.2 Å². The Hall–Kier alpha value is -2.33. The van der Waals surface area contributed by atoms with Crippen LogP contribution >= 0.6 is 0 Å². The predicted molar refractivity (Wildman–Crippen MR) is 193 cm³/mol. The maximum absolute atomic E-state index is 13.1. The summed E-state index contributed by atoms with van der Waals surface area (Å²) >= 11 is 0. The van der Waals surface area contributed by atoms with Gasteiger partial charge in [0.25, 0.3) is 0 Å². The van der Waals surface area contributed by atoms with Gasteiger partial charge in [0.15, 0.2) is 6.79 Å². The van der Waals surface area contributed by atoms with Crippen LogP contribution in [0.1, 0.15) is 182 Å². The molecule has 2 aromatic carbocycles. The van der Waals surface area contributed by atoms with Crippen molar-refractivity contribution < 1.29 is 19.0 Å². The Morgan fingerprint density at radius 2 is 1.17 bits per heavy atom. The topological polar surface area (TPSA) is 44.8 Å². The van der Waals surface area contributed by atoms with Gasteiger partial charge in [-0.1, -0.05) is 109 Å². The molecule has 0 amide bonds. The molecule has 0 aliphatic heterocycles. The van der Waals surface area contributed by atoms with Crippen molar-refractivity contribution in [2.45, 2.75) is 166 Å². The summed E-state index contributed by atoms with van der Waals surface area (Å²) in [6.07, 6.45) is 26.7. The Kier molecular flexibility index (Phi) is 14.5. The SMILES string of the molecule is CCCCCC1CCC(c2ccc(OCOC3(COC(=O)c4ccc(C5CCC(CCCCC)CC5)cc4)CCCCC3)cc2)CC1. The first-order valence-corrected chi connectivity index (χ1v) is 19.7. The fraction of sp³-hybridized carbons (Fsp3) is 0.698. The van der Waals surface area contributed by atoms with E-state index in [1.165, 1.54) is 120 Å². The number of carbonyl (C=O) groups is 1. The van der Waals surface area contributed by atoms with E-state index >= 15 is 0 Å². The standard InChI is InChI=1S/C43H64O4/c1-3-5-8-12-34-14-18-36(19-15-34)38-22-24-40(25-23-38)42(44)45-32-43(30-10-7-11-31-43)47-33-46-41-28-26-39(27-29-41)37-20-16-35(17-21-37)13-9-6-4-2/h22-29,34-37H,3-21,30-33H2,1-2H3. The van der Waals surface area contributed by atoms with Crippen molar-refractivity contribution in [3.8, 4) is 5.75 Å². The van der Waals surface area contributed by atoms with E-state index < -0.39 is 5.60 Å². The van der Waals surface area contributed by atoms with Gasteiger partial charge in [-0.15, -0.1) is 0 Å². The first-order valence-electron chi connectivity index (χ1n) is 19.7. The maximum Gasteiger partial charge on any atom is 0.338 e. The molecule has 3 saturated carbocycles. The van der Waals surface area contributed by atoms with Crippen LogP contribution in [0.15, 0.2) is 48.5 Å². The van der Waals surface area contributed by atoms with Crippen LogP contribution in [-0.2, 0) is 9.47 Å². The van der Waals surface area contributed by atoms with Gasteiger partial charge in [0.2, 0.25) is 0 Å². The van der Waals surface area contributed by atoms with Crippen LogP contribution in [0.3, 0.4) is 0 Å². The van der Waals surface area contributed by atoms with Gasteiger partial charge < -0.3 is 14.2 Å². The Labute approximate surface area is 286 Å². The molecule has 0 heterocycles. The molecule has 3 aliphatic carbocycles. The average Bonchev–Trinajstić information content (AvgIpc) is 3.12. The van der Waals surface area contributed by atoms with E-state index in [9.17, 15) is 4.79 Å². The Bertz CT molecular complexity index is 1150. The summed E-state index contributed by atoms with van der Waals surface area (Å²) < 4.78 is 18.4. The van der Waals surface area contributed by atoms with Gasteiger partial charge in [0, 0.05) is 0 Å². The van der Waals surface area contributed by atoms with Gasteiger partial charge in [-0.3, -0.25) is 0 Å². The minimum Gasteiger partial charge on any atom is -0.468 e. The fourth-order valence-electron chi connectivity index (χ4n) is 8.69. The number of benzene rings is 2. The van der Waals surface area contributed by atoms with Crippen molar-refractivity contribution in [1.82, 2.24) is 0 Å². The number of carbonyl (C=O) groups excluding carboxylic acids is 1. The molecule has 0 bridgehead atoms. The molecule has 0 atom stereocenters. The van der Waals surface area contributed by atoms with E-state index in [-0.39, 0.29) is 19.4 Å². The fourth-order valence-corrected chi connectivity index (χ4v) is 8.69. The number of hydrogen-bond acceptors (Lipinski definition) is 4. The second kappa shape index (κ2) is 19.0. The lowest BCUT2D eigenvalue weighted by atomic mass is 9.77. The van der Waals surface area contributed by atoms with Crippen molar-refractivity contribution in [2.24, 2.45) is 11.8 Å². The molecule has 3 aliphatic rings. The summed E-state index contributed by atoms with van der Waals surface area (Å²) in [6, 6.07) is 16.9. The van der Waals surface area contributed by atoms with E-state index in [4.69, 9.17) is 14.2 Å². The second-order valence-electron chi connectivity index (χ2n) is 15.3. The highest BCUT2D eigenvalue weighted by Crippen LogP contribution is 2.39. The number of ether oxygens (including phenoxy) is 3. The molecular formula is C43H64O4. The summed E-state index contributed by atoms with van der Waals surface area (Å²) in [6.45, 7) is 5.03. The van der Waals surface area contributed by atoms with E-state index in [1.54, 1.807) is 0 Å². The van der Waals surface area contributed by atoms with Gasteiger partial charge in [0.1, 0.15) is 18.0 Å². The molecule has 0 aromatic heterocycles. The van der Waals surface area contributed by atoms with Crippen molar-refractivity contribution in [3.63, 3.8) is 0 Å². The zero-order valence-corrected chi connectivity index (χ0v) is 29.8. The first kappa shape index (κ1) is 36.0. The van der Waals surface area contributed by atoms with Crippen molar-refractivity contribution in [1.29, 1.82) is 0 Å². The average molecular weight is 645 g/mol. The molecule has 4 heteroatoms. The summed E-state index contributed by atoms with van der Waals surface area (Å²) in [4.78, 5) is 13.1. The van der Waals surface area contributed by atoms with Crippen LogP contribution in [0, 0.1) is 11.8 Å². The smallest absolute Gasteiger partial charge is 0.338 e. The largest absolute Gasteiger partial charge is 0.468 e. The van der Waals surface area contributed by atoms with Crippen LogP contribution < -0.4 is 4.74 Å². The molecule has 0 N–H and O–H groups in total. The third-order valence-corrected chi connectivity index (χ3v) is 11.9. The zero-order valence-electron chi connectivity index (χ0n) is 29.8. The molecular weight excluding hydrogens is 580 g/mol. The minimum atomic E-state index is -0.473. The lowest BCUT2D eigenvalue weighted by Crippen LogP contribution is -2.41. The third kappa shape index (κ3) is 11.1. The Morgan fingerprint density at radius 3 is 1.68 bits per heavy atom. The van der Waals surface area contributed by atoms with Crippen LogP contribution in [0.5, 0.6) is 5.75 Å². The maximum atomic E-state index is 13.1. The highest BCUT2D eigenvalue weighted by molar-refractivity contribution is 5.89. The minimum absolute atomic E-state index is 0.176. The lowest BCUT2D eigenvalue weighted by Gasteiger charge is -2.36. The number of hydrogen-bond donors (Lipinski definition) is 0. The Morgan fingerprint density at radius 1 is 0.660 bits per heavy atom. The third-order valence-electron chi connectivity index (χ3n) is 11.9. The lowest BCUT2D eigenvalue weighted by molar-refractivity contribution is -0.146. The predicted octanol–water partition coefficient (Wildman–Crippen LogP) is 12.3. The summed E-state index contributed by atoms with van der Waals surface area (Å²) in [7, 11) is 0. The number of rotatable bonds is 17. The molecule has 3 fully saturated rings. The molecule has 2 aromatic rings. The van der Waals surface area contributed by atoms with Gasteiger partial charge in [-0.2, -0.15) is 0 Å². The Balaban J connectivity index is 1.04. The zero-order chi connectivity index (χ0) is 32.7. The van der Waals surface area contributed by atoms with Gasteiger partial charge in [-0.05, 0) is 123 Å². The van der Waals surface area contributed by atoms with Crippen LogP contribution in [-0.4, -0.2) is 25.0 Å². The molecule has 0 spiro atoms. The quantitative estimate of drug-likeness (QED) is 0.0976. The second-order valence-corrected chi connectivity index (χ2v) is 15.3. The van der Waals surface area contributed by atoms with E-state index in [1.807, 2.05) is 12.1 Å². The molecule has 4 nitrogen and oxygen atoms in total. The molecule has 5 rings (SSSR count). The van der Waals surface area contributed by atoms with Gasteiger partial charge in [0.05, 0.1) is 5.56 Å². The molecule has 47 heavy (non-hydrogen) atoms. The van der Waals surface area contributed by atoms with Crippen molar-refractivity contribution in [3.05, 3.63) is 65.2 Å². The van der Waals surface area contributed by atoms with Crippen LogP contribution in [0.2, 0.25) is 0 Å². The number of unbranched alkanes of at least 4 members (excludes halogenated alkanes) is 4. The van der Waals surface area contributed by atoms with E-state index in [0.717, 1.165) is 43.3 Å². The summed E-state index contributed by atoms with van der Waals surface area (Å²) in [5.41, 5.74) is 2.98. The molecule has 0 radical (unpaired) electrons.